The van der Waals surface area contributed by atoms with E-state index in [0.717, 1.165) is 5.69 Å². The van der Waals surface area contributed by atoms with Crippen LogP contribution in [-0.2, 0) is 0 Å². The van der Waals surface area contributed by atoms with E-state index >= 15 is 0 Å². The molecule has 2 unspecified atom stereocenters. The van der Waals surface area contributed by atoms with Crippen molar-refractivity contribution in [3.8, 4) is 0 Å². The predicted molar refractivity (Wildman–Crippen MR) is 55.8 cm³/mol. The summed E-state index contributed by atoms with van der Waals surface area (Å²) in [7, 11) is 1.98. The lowest BCUT2D eigenvalue weighted by molar-refractivity contribution is 0.378. The number of nitrogens with one attached hydrogen (secondary N) is 1. The first-order chi connectivity index (χ1) is 6.29. The van der Waals surface area contributed by atoms with E-state index in [2.05, 4.69) is 27.9 Å². The first-order valence-corrected chi connectivity index (χ1v) is 5.47. The molecule has 13 heavy (non-hydrogen) atoms. The van der Waals surface area contributed by atoms with Gasteiger partial charge in [-0.2, -0.15) is 8.75 Å². The van der Waals surface area contributed by atoms with Crippen molar-refractivity contribution in [1.82, 2.24) is 14.1 Å². The van der Waals surface area contributed by atoms with Gasteiger partial charge in [0.15, 0.2) is 0 Å². The van der Waals surface area contributed by atoms with Crippen molar-refractivity contribution in [2.45, 2.75) is 32.7 Å². The first kappa shape index (κ1) is 10.6. The number of hydrogen-bond acceptors (Lipinski definition) is 4. The van der Waals surface area contributed by atoms with Crippen molar-refractivity contribution < 1.29 is 0 Å². The summed E-state index contributed by atoms with van der Waals surface area (Å²) in [6.07, 6.45) is 4.30. The fourth-order valence-corrected chi connectivity index (χ4v) is 2.11. The number of aromatic nitrogens is 2. The van der Waals surface area contributed by atoms with E-state index < -0.39 is 0 Å². The van der Waals surface area contributed by atoms with Gasteiger partial charge < -0.3 is 5.32 Å². The fraction of sp³-hybridized carbons (Fsp3) is 0.778. The molecule has 4 heteroatoms. The van der Waals surface area contributed by atoms with Crippen molar-refractivity contribution in [2.75, 3.05) is 7.05 Å². The molecule has 0 radical (unpaired) electrons. The quantitative estimate of drug-likeness (QED) is 0.790. The van der Waals surface area contributed by atoms with Crippen LogP contribution < -0.4 is 5.32 Å². The molecule has 0 bridgehead atoms. The molecule has 2 atom stereocenters. The maximum absolute atomic E-state index is 4.26. The topological polar surface area (TPSA) is 37.8 Å². The molecular formula is C9H17N3S. The summed E-state index contributed by atoms with van der Waals surface area (Å²) in [6, 6.07) is 0.360. The molecule has 0 amide bonds. The Balaban J connectivity index is 2.62. The van der Waals surface area contributed by atoms with Gasteiger partial charge in [-0.15, -0.1) is 0 Å². The van der Waals surface area contributed by atoms with E-state index in [1.165, 1.54) is 24.6 Å². The summed E-state index contributed by atoms with van der Waals surface area (Å²) >= 11 is 1.28. The van der Waals surface area contributed by atoms with Crippen LogP contribution in [0.4, 0.5) is 0 Å². The lowest BCUT2D eigenvalue weighted by atomic mass is 9.95. The third-order valence-corrected chi connectivity index (χ3v) is 2.81. The highest BCUT2D eigenvalue weighted by atomic mass is 32.1. The largest absolute Gasteiger partial charge is 0.311 e. The molecule has 0 aliphatic carbocycles. The molecule has 1 rings (SSSR count). The van der Waals surface area contributed by atoms with Crippen LogP contribution in [0.2, 0.25) is 0 Å². The van der Waals surface area contributed by atoms with Gasteiger partial charge in [0.2, 0.25) is 0 Å². The van der Waals surface area contributed by atoms with Crippen LogP contribution in [0.15, 0.2) is 6.20 Å². The molecule has 0 saturated heterocycles. The second-order valence-electron chi connectivity index (χ2n) is 3.36. The van der Waals surface area contributed by atoms with Crippen LogP contribution >= 0.6 is 11.7 Å². The third-order valence-electron chi connectivity index (χ3n) is 2.32. The maximum Gasteiger partial charge on any atom is 0.0914 e. The van der Waals surface area contributed by atoms with E-state index in [1.807, 2.05) is 13.2 Å². The van der Waals surface area contributed by atoms with Crippen LogP contribution in [0, 0.1) is 5.92 Å². The molecule has 0 fully saturated rings. The Morgan fingerprint density at radius 3 is 2.85 bits per heavy atom. The summed E-state index contributed by atoms with van der Waals surface area (Å²) in [5, 5.41) is 3.29. The second kappa shape index (κ2) is 5.29. The zero-order chi connectivity index (χ0) is 9.68. The first-order valence-electron chi connectivity index (χ1n) is 4.74. The summed E-state index contributed by atoms with van der Waals surface area (Å²) in [5.41, 5.74) is 1.08. The highest BCUT2D eigenvalue weighted by Gasteiger charge is 2.18. The van der Waals surface area contributed by atoms with Crippen molar-refractivity contribution in [1.29, 1.82) is 0 Å². The van der Waals surface area contributed by atoms with Gasteiger partial charge in [-0.25, -0.2) is 0 Å². The normalized spacial score (nSPS) is 15.6. The highest BCUT2D eigenvalue weighted by molar-refractivity contribution is 6.99. The van der Waals surface area contributed by atoms with Crippen LogP contribution in [0.25, 0.3) is 0 Å². The van der Waals surface area contributed by atoms with Gasteiger partial charge >= 0.3 is 0 Å². The SMILES string of the molecule is CCCC(C)C(NC)c1cnsn1. The molecule has 0 aromatic carbocycles. The minimum absolute atomic E-state index is 0.360. The van der Waals surface area contributed by atoms with Crippen molar-refractivity contribution in [3.63, 3.8) is 0 Å². The molecule has 74 valence electrons. The molecule has 0 saturated carbocycles. The highest BCUT2D eigenvalue weighted by Crippen LogP contribution is 2.23. The predicted octanol–water partition coefficient (Wildman–Crippen LogP) is 2.23. The minimum atomic E-state index is 0.360. The Kier molecular flexibility index (Phi) is 4.32. The lowest BCUT2D eigenvalue weighted by Gasteiger charge is -2.20. The lowest BCUT2D eigenvalue weighted by Crippen LogP contribution is -2.23. The Bertz CT molecular complexity index is 223. The zero-order valence-corrected chi connectivity index (χ0v) is 9.27. The van der Waals surface area contributed by atoms with Gasteiger partial charge in [0.1, 0.15) is 0 Å². The number of nitrogens with zero attached hydrogens (tertiary/aromatic N) is 2. The zero-order valence-electron chi connectivity index (χ0n) is 8.45. The summed E-state index contributed by atoms with van der Waals surface area (Å²) in [6.45, 7) is 4.46. The Morgan fingerprint density at radius 1 is 1.62 bits per heavy atom. The van der Waals surface area contributed by atoms with Crippen LogP contribution in [0.5, 0.6) is 0 Å². The smallest absolute Gasteiger partial charge is 0.0914 e. The second-order valence-corrected chi connectivity index (χ2v) is 3.92. The molecular weight excluding hydrogens is 182 g/mol. The molecule has 1 aromatic heterocycles. The monoisotopic (exact) mass is 199 g/mol. The molecule has 1 N–H and O–H groups in total. The molecule has 1 aromatic rings. The van der Waals surface area contributed by atoms with Crippen LogP contribution in [-0.4, -0.2) is 15.8 Å². The van der Waals surface area contributed by atoms with E-state index in [1.54, 1.807) is 0 Å². The summed E-state index contributed by atoms with van der Waals surface area (Å²) in [4.78, 5) is 0. The molecule has 3 nitrogen and oxygen atoms in total. The maximum atomic E-state index is 4.26. The third kappa shape index (κ3) is 2.74. The van der Waals surface area contributed by atoms with E-state index in [9.17, 15) is 0 Å². The molecule has 0 aliphatic heterocycles. The standard InChI is InChI=1S/C9H17N3S/c1-4-5-7(2)9(10-3)8-6-11-13-12-8/h6-7,9-10H,4-5H2,1-3H3. The van der Waals surface area contributed by atoms with Crippen molar-refractivity contribution in [3.05, 3.63) is 11.9 Å². The molecule has 1 heterocycles. The fourth-order valence-electron chi connectivity index (χ4n) is 1.65. The van der Waals surface area contributed by atoms with Crippen LogP contribution in [0.3, 0.4) is 0 Å². The minimum Gasteiger partial charge on any atom is -0.311 e. The Hall–Kier alpha value is -0.480. The summed E-state index contributed by atoms with van der Waals surface area (Å²) < 4.78 is 8.28. The van der Waals surface area contributed by atoms with Gasteiger partial charge in [-0.3, -0.25) is 0 Å². The number of rotatable bonds is 5. The molecule has 0 aliphatic rings. The Labute approximate surface area is 83.9 Å². The van der Waals surface area contributed by atoms with Crippen molar-refractivity contribution in [2.24, 2.45) is 5.92 Å². The Morgan fingerprint density at radius 2 is 2.38 bits per heavy atom. The molecule has 0 spiro atoms. The van der Waals surface area contributed by atoms with Gasteiger partial charge in [-0.1, -0.05) is 20.3 Å². The van der Waals surface area contributed by atoms with Crippen molar-refractivity contribution >= 4 is 11.7 Å². The van der Waals surface area contributed by atoms with Gasteiger partial charge in [0, 0.05) is 0 Å². The van der Waals surface area contributed by atoms with E-state index in [0.29, 0.717) is 12.0 Å². The average molecular weight is 199 g/mol. The van der Waals surface area contributed by atoms with E-state index in [4.69, 9.17) is 0 Å². The van der Waals surface area contributed by atoms with Gasteiger partial charge in [0.05, 0.1) is 29.7 Å². The van der Waals surface area contributed by atoms with E-state index in [-0.39, 0.29) is 0 Å². The average Bonchev–Trinajstić information content (AvgIpc) is 2.59. The summed E-state index contributed by atoms with van der Waals surface area (Å²) in [5.74, 6) is 0.624. The number of hydrogen-bond donors (Lipinski definition) is 1. The van der Waals surface area contributed by atoms with Gasteiger partial charge in [0.25, 0.3) is 0 Å². The van der Waals surface area contributed by atoms with Crippen LogP contribution in [0.1, 0.15) is 38.4 Å². The van der Waals surface area contributed by atoms with Gasteiger partial charge in [-0.05, 0) is 19.4 Å².